The molecule has 1 amide bonds. The van der Waals surface area contributed by atoms with Crippen molar-refractivity contribution in [3.8, 4) is 5.88 Å². The summed E-state index contributed by atoms with van der Waals surface area (Å²) in [5, 5.41) is 15.9. The summed E-state index contributed by atoms with van der Waals surface area (Å²) in [4.78, 5) is 26.7. The third-order valence-electron chi connectivity index (χ3n) is 4.00. The minimum atomic E-state index is -0.522. The topological polar surface area (TPSA) is 90.7 Å². The number of hydrogen-bond donors (Lipinski definition) is 2. The maximum absolute atomic E-state index is 12.2. The molecule has 0 bridgehead atoms. The van der Waals surface area contributed by atoms with Gasteiger partial charge in [0, 0.05) is 20.4 Å². The maximum atomic E-state index is 12.2. The Morgan fingerprint density at radius 1 is 1.38 bits per heavy atom. The Morgan fingerprint density at radius 3 is 2.67 bits per heavy atom. The van der Waals surface area contributed by atoms with Crippen LogP contribution in [-0.2, 0) is 11.8 Å². The van der Waals surface area contributed by atoms with Crippen LogP contribution in [0.4, 0.5) is 0 Å². The number of H-pyrrole nitrogens is 1. The van der Waals surface area contributed by atoms with Crippen LogP contribution in [-0.4, -0.2) is 31.3 Å². The van der Waals surface area contributed by atoms with Crippen LogP contribution < -0.4 is 5.56 Å². The first kappa shape index (κ1) is 16.1. The number of hydrazone groups is 1. The van der Waals surface area contributed by atoms with Gasteiger partial charge in [-0.05, 0) is 17.8 Å². The monoisotopic (exact) mass is 344 g/mol. The molecule has 1 aromatic heterocycles. The number of aromatic amines is 1. The molecule has 0 saturated heterocycles. The van der Waals surface area contributed by atoms with E-state index in [4.69, 9.17) is 12.2 Å². The first-order chi connectivity index (χ1) is 11.4. The Hall–Kier alpha value is -2.74. The van der Waals surface area contributed by atoms with Gasteiger partial charge in [-0.2, -0.15) is 5.10 Å². The van der Waals surface area contributed by atoms with Crippen LogP contribution in [0.1, 0.15) is 30.5 Å². The molecule has 0 saturated carbocycles. The lowest BCUT2D eigenvalue weighted by molar-refractivity contribution is -0.130. The average Bonchev–Trinajstić information content (AvgIpc) is 2.99. The SMILES string of the molecule is CC(=O)N1N=C(c2c(O)n(C)c(=S)[nH]c2=O)CC1c1ccccc1. The third-order valence-corrected chi connectivity index (χ3v) is 4.38. The van der Waals surface area contributed by atoms with Gasteiger partial charge in [-0.25, -0.2) is 5.01 Å². The van der Waals surface area contributed by atoms with Crippen LogP contribution >= 0.6 is 12.2 Å². The summed E-state index contributed by atoms with van der Waals surface area (Å²) < 4.78 is 1.41. The number of benzene rings is 1. The second kappa shape index (κ2) is 6.04. The fourth-order valence-electron chi connectivity index (χ4n) is 2.76. The quantitative estimate of drug-likeness (QED) is 0.814. The second-order valence-electron chi connectivity index (χ2n) is 5.56. The van der Waals surface area contributed by atoms with Crippen LogP contribution in [0, 0.1) is 4.77 Å². The first-order valence-electron chi connectivity index (χ1n) is 7.35. The predicted octanol–water partition coefficient (Wildman–Crippen LogP) is 1.85. The molecule has 0 radical (unpaired) electrons. The summed E-state index contributed by atoms with van der Waals surface area (Å²) in [6.07, 6.45) is 0.330. The molecule has 0 fully saturated rings. The summed E-state index contributed by atoms with van der Waals surface area (Å²) >= 11 is 4.97. The van der Waals surface area contributed by atoms with E-state index >= 15 is 0 Å². The molecule has 3 rings (SSSR count). The summed E-state index contributed by atoms with van der Waals surface area (Å²) in [7, 11) is 1.55. The fourth-order valence-corrected chi connectivity index (χ4v) is 2.93. The molecular formula is C16H16N4O3S. The number of carbonyl (C=O) groups excluding carboxylic acids is 1. The van der Waals surface area contributed by atoms with E-state index in [0.717, 1.165) is 5.56 Å². The Labute approximate surface area is 142 Å². The largest absolute Gasteiger partial charge is 0.494 e. The number of nitrogens with one attached hydrogen (secondary N) is 1. The predicted molar refractivity (Wildman–Crippen MR) is 91.4 cm³/mol. The van der Waals surface area contributed by atoms with Gasteiger partial charge in [0.2, 0.25) is 11.8 Å². The standard InChI is InChI=1S/C16H16N4O3S/c1-9(21)20-12(10-6-4-3-5-7-10)8-11(18-20)13-14(22)17-16(24)19(2)15(13)23/h3-7,12,23H,8H2,1-2H3,(H,17,22,24). The zero-order valence-corrected chi connectivity index (χ0v) is 14.0. The van der Waals surface area contributed by atoms with Gasteiger partial charge in [0.1, 0.15) is 5.56 Å². The van der Waals surface area contributed by atoms with Crippen molar-refractivity contribution in [1.82, 2.24) is 14.6 Å². The van der Waals surface area contributed by atoms with Crippen LogP contribution in [0.2, 0.25) is 0 Å². The van der Waals surface area contributed by atoms with Gasteiger partial charge in [-0.3, -0.25) is 19.1 Å². The second-order valence-corrected chi connectivity index (χ2v) is 5.94. The summed E-state index contributed by atoms with van der Waals surface area (Å²) in [5.74, 6) is -0.501. The number of aromatic nitrogens is 2. The molecule has 8 heteroatoms. The van der Waals surface area contributed by atoms with Gasteiger partial charge >= 0.3 is 0 Å². The summed E-state index contributed by atoms with van der Waals surface area (Å²) in [6.45, 7) is 1.42. The Bertz CT molecular complexity index is 946. The van der Waals surface area contributed by atoms with E-state index in [1.165, 1.54) is 16.5 Å². The average molecular weight is 344 g/mol. The number of amides is 1. The van der Waals surface area contributed by atoms with Crippen molar-refractivity contribution in [3.63, 3.8) is 0 Å². The van der Waals surface area contributed by atoms with Crippen molar-refractivity contribution in [2.24, 2.45) is 12.1 Å². The van der Waals surface area contributed by atoms with E-state index in [1.54, 1.807) is 7.05 Å². The molecule has 7 nitrogen and oxygen atoms in total. The lowest BCUT2D eigenvalue weighted by Crippen LogP contribution is -2.24. The van der Waals surface area contributed by atoms with Gasteiger partial charge in [0.05, 0.1) is 11.8 Å². The molecule has 1 aliphatic heterocycles. The number of carbonyl (C=O) groups is 1. The van der Waals surface area contributed by atoms with E-state index in [9.17, 15) is 14.7 Å². The fraction of sp³-hybridized carbons (Fsp3) is 0.250. The van der Waals surface area contributed by atoms with Gasteiger partial charge in [-0.15, -0.1) is 0 Å². The molecular weight excluding hydrogens is 328 g/mol. The number of hydrogen-bond acceptors (Lipinski definition) is 5. The molecule has 124 valence electrons. The zero-order valence-electron chi connectivity index (χ0n) is 13.2. The molecule has 2 N–H and O–H groups in total. The zero-order chi connectivity index (χ0) is 17.4. The van der Waals surface area contributed by atoms with Crippen molar-refractivity contribution in [2.75, 3.05) is 0 Å². The van der Waals surface area contributed by atoms with E-state index in [0.29, 0.717) is 12.1 Å². The molecule has 1 aliphatic rings. The van der Waals surface area contributed by atoms with Crippen LogP contribution in [0.25, 0.3) is 0 Å². The molecule has 2 aromatic rings. The van der Waals surface area contributed by atoms with E-state index < -0.39 is 5.56 Å². The normalized spacial score (nSPS) is 17.0. The van der Waals surface area contributed by atoms with E-state index in [1.807, 2.05) is 30.3 Å². The van der Waals surface area contributed by atoms with Gasteiger partial charge in [-0.1, -0.05) is 30.3 Å². The molecule has 0 aliphatic carbocycles. The number of nitrogens with zero attached hydrogens (tertiary/aromatic N) is 3. The van der Waals surface area contributed by atoms with Gasteiger partial charge < -0.3 is 5.11 Å². The molecule has 2 heterocycles. The van der Waals surface area contributed by atoms with Crippen molar-refractivity contribution in [1.29, 1.82) is 0 Å². The Balaban J connectivity index is 2.10. The van der Waals surface area contributed by atoms with Crippen LogP contribution in [0.3, 0.4) is 0 Å². The number of rotatable bonds is 2. The lowest BCUT2D eigenvalue weighted by atomic mass is 9.99. The number of aromatic hydroxyl groups is 1. The van der Waals surface area contributed by atoms with Crippen molar-refractivity contribution >= 4 is 23.8 Å². The molecule has 1 aromatic carbocycles. The molecule has 1 atom stereocenters. The summed E-state index contributed by atoms with van der Waals surface area (Å²) in [6, 6.07) is 9.12. The molecule has 0 spiro atoms. The van der Waals surface area contributed by atoms with Gasteiger partial charge in [0.25, 0.3) is 5.56 Å². The minimum Gasteiger partial charge on any atom is -0.494 e. The third kappa shape index (κ3) is 2.65. The highest BCUT2D eigenvalue weighted by Gasteiger charge is 2.33. The van der Waals surface area contributed by atoms with Crippen LogP contribution in [0.15, 0.2) is 40.2 Å². The van der Waals surface area contributed by atoms with E-state index in [2.05, 4.69) is 10.1 Å². The highest BCUT2D eigenvalue weighted by molar-refractivity contribution is 7.71. The molecule has 1 unspecified atom stereocenters. The highest BCUT2D eigenvalue weighted by Crippen LogP contribution is 2.33. The Kier molecular flexibility index (Phi) is 4.06. The highest BCUT2D eigenvalue weighted by atomic mass is 32.1. The first-order valence-corrected chi connectivity index (χ1v) is 7.76. The maximum Gasteiger partial charge on any atom is 0.264 e. The van der Waals surface area contributed by atoms with Crippen molar-refractivity contribution in [2.45, 2.75) is 19.4 Å². The smallest absolute Gasteiger partial charge is 0.264 e. The Morgan fingerprint density at radius 2 is 2.04 bits per heavy atom. The lowest BCUT2D eigenvalue weighted by Gasteiger charge is -2.20. The van der Waals surface area contributed by atoms with Crippen molar-refractivity contribution in [3.05, 3.63) is 56.6 Å². The van der Waals surface area contributed by atoms with Crippen molar-refractivity contribution < 1.29 is 9.90 Å². The van der Waals surface area contributed by atoms with Gasteiger partial charge in [0.15, 0.2) is 4.77 Å². The van der Waals surface area contributed by atoms with Crippen LogP contribution in [0.5, 0.6) is 5.88 Å². The molecule has 24 heavy (non-hydrogen) atoms. The minimum absolute atomic E-state index is 0.0378. The summed E-state index contributed by atoms with van der Waals surface area (Å²) in [5.41, 5.74) is 0.775. The van der Waals surface area contributed by atoms with E-state index in [-0.39, 0.29) is 28.2 Å².